The van der Waals surface area contributed by atoms with Crippen LogP contribution in [0.25, 0.3) is 0 Å². The zero-order valence-corrected chi connectivity index (χ0v) is 12.5. The molecule has 1 aromatic heterocycles. The van der Waals surface area contributed by atoms with Gasteiger partial charge in [0.15, 0.2) is 0 Å². The summed E-state index contributed by atoms with van der Waals surface area (Å²) >= 11 is 8.43. The van der Waals surface area contributed by atoms with Gasteiger partial charge in [-0.15, -0.1) is 0 Å². The van der Waals surface area contributed by atoms with Gasteiger partial charge in [0, 0.05) is 0 Å². The van der Waals surface area contributed by atoms with E-state index < -0.39 is 11.7 Å². The van der Waals surface area contributed by atoms with Gasteiger partial charge in [0.05, 0.1) is 0 Å². The fourth-order valence-electron chi connectivity index (χ4n) is 0.530. The topological polar surface area (TPSA) is 12.9 Å². The van der Waals surface area contributed by atoms with Crippen LogP contribution in [-0.2, 0) is 0 Å². The molecule has 1 nitrogen and oxygen atoms in total. The van der Waals surface area contributed by atoms with Crippen LogP contribution in [0.5, 0.6) is 0 Å². The van der Waals surface area contributed by atoms with Crippen molar-refractivity contribution in [1.29, 1.82) is 0 Å². The van der Waals surface area contributed by atoms with Crippen molar-refractivity contribution < 1.29 is 0 Å². The summed E-state index contributed by atoms with van der Waals surface area (Å²) < 4.78 is 1.25. The van der Waals surface area contributed by atoms with Crippen LogP contribution in [0.3, 0.4) is 0 Å². The number of hydrogen-bond acceptors (Lipinski definition) is 1. The van der Waals surface area contributed by atoms with Gasteiger partial charge < -0.3 is 0 Å². The van der Waals surface area contributed by atoms with Crippen molar-refractivity contribution in [3.63, 3.8) is 0 Å². The molecule has 0 fully saturated rings. The zero-order valence-electron chi connectivity index (χ0n) is 4.89. The van der Waals surface area contributed by atoms with Crippen molar-refractivity contribution in [2.45, 2.75) is 0 Å². The second-order valence-electron chi connectivity index (χ2n) is 1.74. The minimum atomic E-state index is -2.34. The van der Waals surface area contributed by atoms with Gasteiger partial charge in [-0.1, -0.05) is 0 Å². The van der Waals surface area contributed by atoms with E-state index in [0.717, 1.165) is 0 Å². The van der Waals surface area contributed by atoms with Crippen molar-refractivity contribution in [2.75, 3.05) is 0 Å². The van der Waals surface area contributed by atoms with Gasteiger partial charge in [-0.2, -0.15) is 0 Å². The minimum absolute atomic E-state index is 1.25. The SMILES string of the molecule is [Br][Sn]([Br])([Br])[c]1cccnc1. The van der Waals surface area contributed by atoms with Crippen molar-refractivity contribution in [3.05, 3.63) is 24.5 Å². The summed E-state index contributed by atoms with van der Waals surface area (Å²) in [5.41, 5.74) is 0. The summed E-state index contributed by atoms with van der Waals surface area (Å²) in [5, 5.41) is 0. The van der Waals surface area contributed by atoms with Crippen LogP contribution in [0, 0.1) is 0 Å². The molecule has 1 aromatic rings. The van der Waals surface area contributed by atoms with Crippen molar-refractivity contribution in [2.24, 2.45) is 0 Å². The average Bonchev–Trinajstić information content (AvgIpc) is 1.88. The van der Waals surface area contributed by atoms with Crippen LogP contribution in [0.15, 0.2) is 24.5 Å². The number of nitrogens with zero attached hydrogens (tertiary/aromatic N) is 1. The Morgan fingerprint density at radius 3 is 2.30 bits per heavy atom. The van der Waals surface area contributed by atoms with E-state index in [0.29, 0.717) is 0 Å². The number of pyridine rings is 1. The van der Waals surface area contributed by atoms with E-state index in [1.165, 1.54) is 3.58 Å². The van der Waals surface area contributed by atoms with Gasteiger partial charge in [0.2, 0.25) is 0 Å². The summed E-state index contributed by atoms with van der Waals surface area (Å²) in [4.78, 5) is 4.01. The normalized spacial score (nSPS) is 11.5. The molecule has 1 heterocycles. The molecule has 1 rings (SSSR count). The number of rotatable bonds is 1. The van der Waals surface area contributed by atoms with Crippen molar-refractivity contribution >= 4 is 53.4 Å². The molecule has 0 aromatic carbocycles. The van der Waals surface area contributed by atoms with Crippen molar-refractivity contribution in [3.8, 4) is 0 Å². The molecule has 54 valence electrons. The monoisotopic (exact) mass is 435 g/mol. The summed E-state index contributed by atoms with van der Waals surface area (Å²) in [6, 6.07) is 3.99. The maximum absolute atomic E-state index is 4.01. The zero-order chi connectivity index (χ0) is 7.61. The second-order valence-corrected chi connectivity index (χ2v) is 51.6. The van der Waals surface area contributed by atoms with Gasteiger partial charge in [0.1, 0.15) is 0 Å². The van der Waals surface area contributed by atoms with Gasteiger partial charge in [-0.25, -0.2) is 0 Å². The third kappa shape index (κ3) is 2.79. The molecule has 0 aliphatic heterocycles. The Morgan fingerprint density at radius 2 is 2.00 bits per heavy atom. The van der Waals surface area contributed by atoms with Gasteiger partial charge >= 0.3 is 82.9 Å². The predicted molar refractivity (Wildman–Crippen MR) is 56.4 cm³/mol. The van der Waals surface area contributed by atoms with Gasteiger partial charge in [-0.3, -0.25) is 0 Å². The molecule has 5 heteroatoms. The molecule has 10 heavy (non-hydrogen) atoms. The predicted octanol–water partition coefficient (Wildman–Crippen LogP) is 2.41. The molecule has 0 amide bonds. The number of hydrogen-bond donors (Lipinski definition) is 0. The first kappa shape index (κ1) is 9.48. The molecule has 0 saturated heterocycles. The van der Waals surface area contributed by atoms with Crippen LogP contribution in [-0.4, -0.2) is 16.7 Å². The van der Waals surface area contributed by atoms with E-state index in [-0.39, 0.29) is 0 Å². The summed E-state index contributed by atoms with van der Waals surface area (Å²) in [6.07, 6.45) is 3.64. The second kappa shape index (κ2) is 3.87. The summed E-state index contributed by atoms with van der Waals surface area (Å²) in [6.45, 7) is 0. The third-order valence-electron chi connectivity index (χ3n) is 0.989. The molecule has 0 spiro atoms. The molecule has 0 radical (unpaired) electrons. The quantitative estimate of drug-likeness (QED) is 0.617. The first-order valence-corrected chi connectivity index (χ1v) is 23.2. The third-order valence-corrected chi connectivity index (χ3v) is 12.9. The van der Waals surface area contributed by atoms with Gasteiger partial charge in [-0.05, 0) is 0 Å². The standard InChI is InChI=1S/C5H4N.3BrH.Sn/c1-2-4-6-5-3-1;;;;/h1-2,4-5H;3*1H;/q;;;;+3/p-3. The van der Waals surface area contributed by atoms with Crippen LogP contribution >= 0.6 is 38.1 Å². The molecule has 0 N–H and O–H groups in total. The van der Waals surface area contributed by atoms with Crippen molar-refractivity contribution in [1.82, 2.24) is 4.98 Å². The van der Waals surface area contributed by atoms with Gasteiger partial charge in [0.25, 0.3) is 0 Å². The van der Waals surface area contributed by atoms with E-state index >= 15 is 0 Å². The molecule has 0 unspecified atom stereocenters. The Morgan fingerprint density at radius 1 is 1.30 bits per heavy atom. The molecule has 0 bridgehead atoms. The van der Waals surface area contributed by atoms with E-state index in [1.54, 1.807) is 6.20 Å². The Balaban J connectivity index is 2.97. The maximum atomic E-state index is 4.01. The van der Waals surface area contributed by atoms with Crippen LogP contribution in [0.4, 0.5) is 0 Å². The summed E-state index contributed by atoms with van der Waals surface area (Å²) in [7, 11) is 0. The fourth-order valence-corrected chi connectivity index (χ4v) is 6.70. The fraction of sp³-hybridized carbons (Fsp3) is 0. The Hall–Kier alpha value is 1.39. The van der Waals surface area contributed by atoms with E-state index in [9.17, 15) is 0 Å². The Kier molecular flexibility index (Phi) is 3.66. The Bertz CT molecular complexity index is 208. The first-order chi connectivity index (χ1) is 4.61. The van der Waals surface area contributed by atoms with Crippen LogP contribution in [0.2, 0.25) is 0 Å². The molecule has 0 aliphatic carbocycles. The summed E-state index contributed by atoms with van der Waals surface area (Å²) in [5.74, 6) is 0. The van der Waals surface area contributed by atoms with Crippen LogP contribution in [0.1, 0.15) is 0 Å². The van der Waals surface area contributed by atoms with Crippen LogP contribution < -0.4 is 3.58 Å². The van der Waals surface area contributed by atoms with E-state index in [2.05, 4.69) is 49.2 Å². The molecule has 0 aliphatic rings. The first-order valence-electron chi connectivity index (χ1n) is 2.58. The number of halogens is 3. The molecular formula is C5H4Br3NSn. The van der Waals surface area contributed by atoms with E-state index in [1.807, 2.05) is 12.3 Å². The molecular weight excluding hydrogens is 432 g/mol. The number of aromatic nitrogens is 1. The Labute approximate surface area is 81.8 Å². The molecule has 0 saturated carbocycles. The molecule has 0 atom stereocenters. The average molecular weight is 437 g/mol. The van der Waals surface area contributed by atoms with E-state index in [4.69, 9.17) is 0 Å².